The van der Waals surface area contributed by atoms with Crippen LogP contribution in [0.5, 0.6) is 11.5 Å². The van der Waals surface area contributed by atoms with Crippen LogP contribution in [0.4, 0.5) is 8.78 Å². The van der Waals surface area contributed by atoms with Crippen molar-refractivity contribution in [2.75, 3.05) is 14.2 Å². The van der Waals surface area contributed by atoms with Gasteiger partial charge in [0.15, 0.2) is 17.3 Å². The van der Waals surface area contributed by atoms with Crippen molar-refractivity contribution in [2.45, 2.75) is 6.67 Å². The molecule has 0 amide bonds. The van der Waals surface area contributed by atoms with E-state index in [0.717, 1.165) is 6.07 Å². The minimum Gasteiger partial charge on any atom is -0.493 e. The first kappa shape index (κ1) is 9.77. The van der Waals surface area contributed by atoms with E-state index in [-0.39, 0.29) is 17.1 Å². The van der Waals surface area contributed by atoms with Gasteiger partial charge in [-0.15, -0.1) is 0 Å². The molecule has 13 heavy (non-hydrogen) atoms. The summed E-state index contributed by atoms with van der Waals surface area (Å²) >= 11 is 0. The Morgan fingerprint density at radius 1 is 1.23 bits per heavy atom. The predicted molar refractivity (Wildman–Crippen MR) is 44.3 cm³/mol. The number of methoxy groups -OCH3 is 2. The number of hydrogen-bond donors (Lipinski definition) is 0. The third-order valence-corrected chi connectivity index (χ3v) is 1.65. The van der Waals surface area contributed by atoms with Crippen LogP contribution in [-0.2, 0) is 6.67 Å². The standard InChI is InChI=1S/C9H10F2O2/c1-12-8-4-6(5-10)3-7(11)9(8)13-2/h3-4H,5H2,1-2H3. The predicted octanol–water partition coefficient (Wildman–Crippen LogP) is 2.31. The Morgan fingerprint density at radius 3 is 2.38 bits per heavy atom. The second-order valence-corrected chi connectivity index (χ2v) is 2.45. The highest BCUT2D eigenvalue weighted by atomic mass is 19.1. The second kappa shape index (κ2) is 4.07. The summed E-state index contributed by atoms with van der Waals surface area (Å²) in [5, 5.41) is 0. The Balaban J connectivity index is 3.20. The molecule has 72 valence electrons. The lowest BCUT2D eigenvalue weighted by atomic mass is 10.2. The number of alkyl halides is 1. The van der Waals surface area contributed by atoms with Crippen LogP contribution in [0.3, 0.4) is 0 Å². The summed E-state index contributed by atoms with van der Waals surface area (Å²) < 4.78 is 34.9. The van der Waals surface area contributed by atoms with Crippen molar-refractivity contribution in [3.8, 4) is 11.5 Å². The summed E-state index contributed by atoms with van der Waals surface area (Å²) in [5.41, 5.74) is 0.232. The Labute approximate surface area is 75.1 Å². The molecule has 0 bridgehead atoms. The highest BCUT2D eigenvalue weighted by molar-refractivity contribution is 5.44. The molecule has 0 N–H and O–H groups in total. The summed E-state index contributed by atoms with van der Waals surface area (Å²) in [7, 11) is 2.70. The van der Waals surface area contributed by atoms with E-state index < -0.39 is 12.5 Å². The third-order valence-electron chi connectivity index (χ3n) is 1.65. The Hall–Kier alpha value is -1.32. The van der Waals surface area contributed by atoms with Crippen molar-refractivity contribution in [3.05, 3.63) is 23.5 Å². The highest BCUT2D eigenvalue weighted by Gasteiger charge is 2.11. The molecular formula is C9H10F2O2. The van der Waals surface area contributed by atoms with Crippen LogP contribution in [0, 0.1) is 5.82 Å². The molecule has 1 rings (SSSR count). The fourth-order valence-electron chi connectivity index (χ4n) is 1.05. The summed E-state index contributed by atoms with van der Waals surface area (Å²) in [6.07, 6.45) is 0. The van der Waals surface area contributed by atoms with Gasteiger partial charge in [-0.25, -0.2) is 8.78 Å². The molecule has 0 saturated heterocycles. The van der Waals surface area contributed by atoms with Crippen molar-refractivity contribution in [1.29, 1.82) is 0 Å². The van der Waals surface area contributed by atoms with Gasteiger partial charge in [0.1, 0.15) is 6.67 Å². The van der Waals surface area contributed by atoms with Crippen LogP contribution in [0.15, 0.2) is 12.1 Å². The molecule has 0 aliphatic heterocycles. The summed E-state index contributed by atoms with van der Waals surface area (Å²) in [4.78, 5) is 0. The maximum Gasteiger partial charge on any atom is 0.196 e. The molecule has 4 heteroatoms. The molecule has 0 radical (unpaired) electrons. The Bertz CT molecular complexity index is 300. The van der Waals surface area contributed by atoms with Gasteiger partial charge in [-0.05, 0) is 17.7 Å². The lowest BCUT2D eigenvalue weighted by molar-refractivity contribution is 0.335. The van der Waals surface area contributed by atoms with Crippen molar-refractivity contribution in [3.63, 3.8) is 0 Å². The smallest absolute Gasteiger partial charge is 0.196 e. The Kier molecular flexibility index (Phi) is 3.06. The first-order chi connectivity index (χ1) is 6.22. The average molecular weight is 188 g/mol. The number of ether oxygens (including phenoxy) is 2. The quantitative estimate of drug-likeness (QED) is 0.724. The SMILES string of the molecule is COc1cc(CF)cc(F)c1OC. The molecule has 0 spiro atoms. The van der Waals surface area contributed by atoms with E-state index in [2.05, 4.69) is 0 Å². The van der Waals surface area contributed by atoms with Crippen molar-refractivity contribution in [2.24, 2.45) is 0 Å². The molecule has 1 aromatic carbocycles. The number of hydrogen-bond acceptors (Lipinski definition) is 2. The van der Waals surface area contributed by atoms with Crippen molar-refractivity contribution >= 4 is 0 Å². The summed E-state index contributed by atoms with van der Waals surface area (Å²) in [6.45, 7) is -0.725. The second-order valence-electron chi connectivity index (χ2n) is 2.45. The zero-order chi connectivity index (χ0) is 9.84. The number of halogens is 2. The third kappa shape index (κ3) is 1.88. The normalized spacial score (nSPS) is 9.85. The van der Waals surface area contributed by atoms with Gasteiger partial charge in [0.05, 0.1) is 14.2 Å². The fraction of sp³-hybridized carbons (Fsp3) is 0.333. The van der Waals surface area contributed by atoms with E-state index in [9.17, 15) is 8.78 Å². The van der Waals surface area contributed by atoms with Gasteiger partial charge in [-0.3, -0.25) is 0 Å². The van der Waals surface area contributed by atoms with Crippen LogP contribution < -0.4 is 9.47 Å². The summed E-state index contributed by atoms with van der Waals surface area (Å²) in [6, 6.07) is 2.49. The molecule has 0 aliphatic rings. The van der Waals surface area contributed by atoms with Crippen LogP contribution in [0.25, 0.3) is 0 Å². The van der Waals surface area contributed by atoms with Gasteiger partial charge in [-0.1, -0.05) is 0 Å². The van der Waals surface area contributed by atoms with E-state index in [1.54, 1.807) is 0 Å². The number of rotatable bonds is 3. The van der Waals surface area contributed by atoms with Crippen LogP contribution in [-0.4, -0.2) is 14.2 Å². The minimum absolute atomic E-state index is 0.000278. The van der Waals surface area contributed by atoms with Gasteiger partial charge >= 0.3 is 0 Å². The molecule has 0 aliphatic carbocycles. The molecular weight excluding hydrogens is 178 g/mol. The lowest BCUT2D eigenvalue weighted by Crippen LogP contribution is -1.95. The van der Waals surface area contributed by atoms with Gasteiger partial charge in [-0.2, -0.15) is 0 Å². The maximum absolute atomic E-state index is 13.1. The average Bonchev–Trinajstić information content (AvgIpc) is 2.16. The maximum atomic E-state index is 13.1. The monoisotopic (exact) mass is 188 g/mol. The topological polar surface area (TPSA) is 18.5 Å². The molecule has 0 fully saturated rings. The molecule has 0 heterocycles. The highest BCUT2D eigenvalue weighted by Crippen LogP contribution is 2.31. The Morgan fingerprint density at radius 2 is 1.92 bits per heavy atom. The first-order valence-electron chi connectivity index (χ1n) is 3.69. The van der Waals surface area contributed by atoms with E-state index >= 15 is 0 Å². The van der Waals surface area contributed by atoms with Crippen LogP contribution in [0.1, 0.15) is 5.56 Å². The molecule has 0 atom stereocenters. The molecule has 0 unspecified atom stereocenters. The van der Waals surface area contributed by atoms with Gasteiger partial charge in [0.25, 0.3) is 0 Å². The van der Waals surface area contributed by atoms with E-state index in [1.165, 1.54) is 20.3 Å². The van der Waals surface area contributed by atoms with Crippen molar-refractivity contribution in [1.82, 2.24) is 0 Å². The molecule has 2 nitrogen and oxygen atoms in total. The van der Waals surface area contributed by atoms with Gasteiger partial charge in [0.2, 0.25) is 0 Å². The minimum atomic E-state index is -0.725. The molecule has 1 aromatic rings. The fourth-order valence-corrected chi connectivity index (χ4v) is 1.05. The largest absolute Gasteiger partial charge is 0.493 e. The zero-order valence-electron chi connectivity index (χ0n) is 7.43. The summed E-state index contributed by atoms with van der Waals surface area (Å²) in [5.74, 6) is -0.413. The zero-order valence-corrected chi connectivity index (χ0v) is 7.43. The first-order valence-corrected chi connectivity index (χ1v) is 3.69. The molecule has 0 saturated carbocycles. The number of benzene rings is 1. The van der Waals surface area contributed by atoms with Crippen LogP contribution in [0.2, 0.25) is 0 Å². The van der Waals surface area contributed by atoms with Crippen LogP contribution >= 0.6 is 0 Å². The van der Waals surface area contributed by atoms with Gasteiger partial charge < -0.3 is 9.47 Å². The lowest BCUT2D eigenvalue weighted by Gasteiger charge is -2.09. The molecule has 0 aromatic heterocycles. The van der Waals surface area contributed by atoms with E-state index in [1.807, 2.05) is 0 Å². The van der Waals surface area contributed by atoms with Gasteiger partial charge in [0, 0.05) is 0 Å². The van der Waals surface area contributed by atoms with Crippen molar-refractivity contribution < 1.29 is 18.3 Å². The van der Waals surface area contributed by atoms with E-state index in [0.29, 0.717) is 0 Å². The van der Waals surface area contributed by atoms with E-state index in [4.69, 9.17) is 9.47 Å².